The molecular weight excluding hydrogens is 509 g/mol. The molecule has 0 N–H and O–H groups in total. The molecule has 0 atom stereocenters. The quantitative estimate of drug-likeness (QED) is 0.342. The Morgan fingerprint density at radius 2 is 1.44 bits per heavy atom. The first-order chi connectivity index (χ1) is 12.8. The van der Waals surface area contributed by atoms with Crippen LogP contribution in [0.5, 0.6) is 0 Å². The molecular formula is C22H17BIrN3. The summed E-state index contributed by atoms with van der Waals surface area (Å²) < 4.78 is 0. The van der Waals surface area contributed by atoms with Gasteiger partial charge in [0.05, 0.1) is 5.69 Å². The number of nitrogens with zero attached hydrogens (tertiary/aromatic N) is 3. The van der Waals surface area contributed by atoms with Gasteiger partial charge < -0.3 is 9.62 Å². The molecule has 2 heterocycles. The van der Waals surface area contributed by atoms with Crippen molar-refractivity contribution in [3.05, 3.63) is 85.1 Å². The molecule has 27 heavy (non-hydrogen) atoms. The summed E-state index contributed by atoms with van der Waals surface area (Å²) in [5, 5.41) is 2.50. The van der Waals surface area contributed by atoms with E-state index in [1.165, 1.54) is 22.0 Å². The minimum atomic E-state index is 0. The Morgan fingerprint density at radius 3 is 2.22 bits per heavy atom. The van der Waals surface area contributed by atoms with Crippen LogP contribution < -0.4 is 9.62 Å². The number of benzene rings is 3. The molecule has 5 rings (SSSR count). The first kappa shape index (κ1) is 17.8. The molecule has 5 heteroatoms. The zero-order chi connectivity index (χ0) is 17.5. The summed E-state index contributed by atoms with van der Waals surface area (Å²) >= 11 is 0. The van der Waals surface area contributed by atoms with E-state index in [4.69, 9.17) is 4.98 Å². The number of rotatable bonds is 2. The Bertz CT molecular complexity index is 1100. The van der Waals surface area contributed by atoms with E-state index in [0.717, 1.165) is 17.1 Å². The summed E-state index contributed by atoms with van der Waals surface area (Å²) in [5.41, 5.74) is 4.65. The Balaban J connectivity index is 0.00000180. The molecule has 0 saturated heterocycles. The van der Waals surface area contributed by atoms with Crippen molar-refractivity contribution in [1.29, 1.82) is 0 Å². The van der Waals surface area contributed by atoms with E-state index < -0.39 is 0 Å². The fourth-order valence-electron chi connectivity index (χ4n) is 3.51. The SMILES string of the molecule is CN1[B]N(c2ccc(-c3ccc4ccccc4c3)cn2)c2ccccc21.[Ir]. The largest absolute Gasteiger partial charge is 0.400 e. The van der Waals surface area contributed by atoms with Gasteiger partial charge in [0.1, 0.15) is 5.82 Å². The number of para-hydroxylation sites is 2. The van der Waals surface area contributed by atoms with Gasteiger partial charge in [-0.1, -0.05) is 48.5 Å². The van der Waals surface area contributed by atoms with Crippen LogP contribution in [0.1, 0.15) is 0 Å². The minimum Gasteiger partial charge on any atom is -0.400 e. The monoisotopic (exact) mass is 527 g/mol. The van der Waals surface area contributed by atoms with E-state index in [-0.39, 0.29) is 20.1 Å². The van der Waals surface area contributed by atoms with Crippen molar-refractivity contribution >= 4 is 35.5 Å². The van der Waals surface area contributed by atoms with Gasteiger partial charge >= 0.3 is 7.55 Å². The van der Waals surface area contributed by atoms with E-state index in [1.54, 1.807) is 0 Å². The molecule has 0 bridgehead atoms. The topological polar surface area (TPSA) is 19.4 Å². The molecule has 132 valence electrons. The molecule has 1 aliphatic heterocycles. The second-order valence-corrected chi connectivity index (χ2v) is 6.55. The van der Waals surface area contributed by atoms with Crippen molar-refractivity contribution in [1.82, 2.24) is 4.98 Å². The number of pyridine rings is 1. The van der Waals surface area contributed by atoms with Crippen LogP contribution in [0.25, 0.3) is 21.9 Å². The first-order valence-corrected chi connectivity index (χ1v) is 8.71. The standard InChI is InChI=1S/C22H17BN3.Ir/c1-25-20-8-4-5-9-21(20)26(23-25)22-13-12-19(15-24-22)18-11-10-16-6-2-3-7-17(16)14-18;/h2-15H,1H3;. The molecule has 0 aliphatic carbocycles. The summed E-state index contributed by atoms with van der Waals surface area (Å²) in [5.74, 6) is 0.923. The molecule has 0 saturated carbocycles. The van der Waals surface area contributed by atoms with Crippen LogP contribution in [0.2, 0.25) is 0 Å². The molecule has 2 radical (unpaired) electrons. The van der Waals surface area contributed by atoms with E-state index in [9.17, 15) is 0 Å². The number of hydrogen-bond donors (Lipinski definition) is 0. The first-order valence-electron chi connectivity index (χ1n) is 8.71. The van der Waals surface area contributed by atoms with Gasteiger partial charge in [-0.05, 0) is 53.7 Å². The van der Waals surface area contributed by atoms with Gasteiger partial charge in [-0.3, -0.25) is 0 Å². The maximum atomic E-state index is 4.72. The molecule has 3 aromatic carbocycles. The fraction of sp³-hybridized carbons (Fsp3) is 0.0455. The summed E-state index contributed by atoms with van der Waals surface area (Å²) in [4.78, 5) is 8.96. The minimum absolute atomic E-state index is 0. The summed E-state index contributed by atoms with van der Waals surface area (Å²) in [6.45, 7) is 0. The second-order valence-electron chi connectivity index (χ2n) is 6.55. The van der Waals surface area contributed by atoms with Crippen LogP contribution in [0, 0.1) is 0 Å². The van der Waals surface area contributed by atoms with E-state index in [0.29, 0.717) is 0 Å². The predicted octanol–water partition coefficient (Wildman–Crippen LogP) is 5.02. The molecule has 0 unspecified atom stereocenters. The van der Waals surface area contributed by atoms with Crippen molar-refractivity contribution < 1.29 is 20.1 Å². The molecule has 4 aromatic rings. The molecule has 0 fully saturated rings. The van der Waals surface area contributed by atoms with Gasteiger partial charge in [-0.2, -0.15) is 0 Å². The zero-order valence-corrected chi connectivity index (χ0v) is 17.2. The molecule has 0 amide bonds. The van der Waals surface area contributed by atoms with E-state index in [2.05, 4.69) is 103 Å². The normalized spacial score (nSPS) is 12.5. The van der Waals surface area contributed by atoms with Crippen LogP contribution in [0.15, 0.2) is 85.1 Å². The Hall–Kier alpha value is -2.62. The smallest absolute Gasteiger partial charge is 0.397 e. The van der Waals surface area contributed by atoms with Crippen molar-refractivity contribution in [3.8, 4) is 11.1 Å². The van der Waals surface area contributed by atoms with Gasteiger partial charge in [0.25, 0.3) is 0 Å². The van der Waals surface area contributed by atoms with Gasteiger partial charge in [0, 0.05) is 37.6 Å². The third kappa shape index (κ3) is 3.14. The second kappa shape index (κ2) is 7.18. The maximum absolute atomic E-state index is 4.72. The number of aromatic nitrogens is 1. The maximum Gasteiger partial charge on any atom is 0.397 e. The average molecular weight is 526 g/mol. The summed E-state index contributed by atoms with van der Waals surface area (Å²) in [6, 6.07) is 27.5. The molecule has 1 aromatic heterocycles. The van der Waals surface area contributed by atoms with Gasteiger partial charge in [-0.15, -0.1) is 0 Å². The van der Waals surface area contributed by atoms with Gasteiger partial charge in [0.2, 0.25) is 0 Å². The van der Waals surface area contributed by atoms with Gasteiger partial charge in [0.15, 0.2) is 0 Å². The van der Waals surface area contributed by atoms with E-state index in [1.807, 2.05) is 6.20 Å². The van der Waals surface area contributed by atoms with Crippen LogP contribution in [0.4, 0.5) is 17.2 Å². The van der Waals surface area contributed by atoms with Crippen molar-refractivity contribution in [2.45, 2.75) is 0 Å². The van der Waals surface area contributed by atoms with Gasteiger partial charge in [-0.25, -0.2) is 4.98 Å². The molecule has 0 spiro atoms. The number of anilines is 3. The number of hydrogen-bond acceptors (Lipinski definition) is 3. The van der Waals surface area contributed by atoms with Crippen LogP contribution >= 0.6 is 0 Å². The van der Waals surface area contributed by atoms with Crippen LogP contribution in [-0.2, 0) is 20.1 Å². The van der Waals surface area contributed by atoms with Crippen molar-refractivity contribution in [2.24, 2.45) is 0 Å². The van der Waals surface area contributed by atoms with Crippen molar-refractivity contribution in [3.63, 3.8) is 0 Å². The molecule has 3 nitrogen and oxygen atoms in total. The van der Waals surface area contributed by atoms with Crippen LogP contribution in [-0.4, -0.2) is 19.6 Å². The third-order valence-corrected chi connectivity index (χ3v) is 4.89. The Morgan fingerprint density at radius 1 is 0.741 bits per heavy atom. The third-order valence-electron chi connectivity index (χ3n) is 4.89. The van der Waals surface area contributed by atoms with Crippen molar-refractivity contribution in [2.75, 3.05) is 16.7 Å². The number of fused-ring (bicyclic) bond motifs is 2. The summed E-state index contributed by atoms with van der Waals surface area (Å²) in [7, 11) is 4.13. The molecule has 1 aliphatic rings. The Kier molecular flexibility index (Phi) is 4.73. The van der Waals surface area contributed by atoms with E-state index >= 15 is 0 Å². The average Bonchev–Trinajstić information content (AvgIpc) is 3.05. The van der Waals surface area contributed by atoms with Crippen LogP contribution in [0.3, 0.4) is 0 Å². The zero-order valence-electron chi connectivity index (χ0n) is 14.8. The fourth-order valence-corrected chi connectivity index (χ4v) is 3.51. The summed E-state index contributed by atoms with van der Waals surface area (Å²) in [6.07, 6.45) is 1.95. The predicted molar refractivity (Wildman–Crippen MR) is 110 cm³/mol. The Labute approximate surface area is 173 Å².